The van der Waals surface area contributed by atoms with E-state index in [4.69, 9.17) is 5.73 Å². The van der Waals surface area contributed by atoms with Crippen molar-refractivity contribution >= 4 is 40.0 Å². The second kappa shape index (κ2) is 6.92. The molecule has 2 heterocycles. The minimum atomic E-state index is -0.560. The fourth-order valence-electron chi connectivity index (χ4n) is 4.25. The van der Waals surface area contributed by atoms with Gasteiger partial charge in [0, 0.05) is 4.88 Å². The molecular formula is C19H21N3O4S. The maximum absolute atomic E-state index is 12.5. The molecule has 1 saturated heterocycles. The lowest BCUT2D eigenvalue weighted by Crippen LogP contribution is -2.38. The van der Waals surface area contributed by atoms with Crippen molar-refractivity contribution in [3.8, 4) is 0 Å². The summed E-state index contributed by atoms with van der Waals surface area (Å²) in [6.45, 7) is -0.328. The summed E-state index contributed by atoms with van der Waals surface area (Å²) in [5, 5.41) is 3.14. The maximum atomic E-state index is 12.5. The van der Waals surface area contributed by atoms with Crippen molar-refractivity contribution in [3.63, 3.8) is 0 Å². The Hall–Kier alpha value is -2.48. The first-order valence-electron chi connectivity index (χ1n) is 9.21. The highest BCUT2D eigenvalue weighted by molar-refractivity contribution is 7.17. The van der Waals surface area contributed by atoms with Gasteiger partial charge in [0.15, 0.2) is 0 Å². The third-order valence-corrected chi connectivity index (χ3v) is 6.78. The lowest BCUT2D eigenvalue weighted by atomic mass is 9.85. The number of amides is 4. The molecule has 0 radical (unpaired) electrons. The van der Waals surface area contributed by atoms with Crippen LogP contribution >= 0.6 is 11.3 Å². The first-order valence-corrected chi connectivity index (χ1v) is 10.0. The molecule has 142 valence electrons. The molecule has 1 aromatic heterocycles. The van der Waals surface area contributed by atoms with Gasteiger partial charge >= 0.3 is 0 Å². The van der Waals surface area contributed by atoms with E-state index < -0.39 is 11.8 Å². The summed E-state index contributed by atoms with van der Waals surface area (Å²) in [6, 6.07) is 0. The molecule has 1 aliphatic heterocycles. The number of anilines is 1. The summed E-state index contributed by atoms with van der Waals surface area (Å²) >= 11 is 1.37. The van der Waals surface area contributed by atoms with Crippen LogP contribution in [0.4, 0.5) is 5.00 Å². The van der Waals surface area contributed by atoms with Crippen LogP contribution in [0.2, 0.25) is 0 Å². The molecule has 7 nitrogen and oxygen atoms in total. The summed E-state index contributed by atoms with van der Waals surface area (Å²) in [7, 11) is 0. The maximum Gasteiger partial charge on any atom is 0.251 e. The zero-order valence-corrected chi connectivity index (χ0v) is 15.6. The number of primary amides is 1. The van der Waals surface area contributed by atoms with Crippen molar-refractivity contribution < 1.29 is 19.2 Å². The minimum absolute atomic E-state index is 0.287. The topological polar surface area (TPSA) is 110 Å². The first-order chi connectivity index (χ1) is 13.0. The van der Waals surface area contributed by atoms with Crippen LogP contribution in [0.15, 0.2) is 12.2 Å². The van der Waals surface area contributed by atoms with Gasteiger partial charge in [-0.3, -0.25) is 24.1 Å². The Bertz CT molecular complexity index is 847. The first kappa shape index (κ1) is 17.9. The molecule has 8 heteroatoms. The SMILES string of the molecule is NC(=O)c1c(NC(=O)CN2C(=O)[C@H]3CC=CC[C@H]3C2=O)sc2c1CCCC2. The Balaban J connectivity index is 1.51. The molecule has 3 N–H and O–H groups in total. The number of hydrogen-bond acceptors (Lipinski definition) is 5. The number of hydrogen-bond donors (Lipinski definition) is 2. The summed E-state index contributed by atoms with van der Waals surface area (Å²) < 4.78 is 0. The van der Waals surface area contributed by atoms with Crippen molar-refractivity contribution in [2.75, 3.05) is 11.9 Å². The van der Waals surface area contributed by atoms with Gasteiger partial charge in [0.1, 0.15) is 11.5 Å². The zero-order valence-electron chi connectivity index (χ0n) is 14.8. The highest BCUT2D eigenvalue weighted by Gasteiger charge is 2.47. The number of aryl methyl sites for hydroxylation is 1. The van der Waals surface area contributed by atoms with E-state index in [0.29, 0.717) is 23.4 Å². The Morgan fingerprint density at radius 2 is 1.74 bits per heavy atom. The molecule has 0 aromatic carbocycles. The molecule has 1 fully saturated rings. The van der Waals surface area contributed by atoms with E-state index in [1.54, 1.807) is 0 Å². The van der Waals surface area contributed by atoms with E-state index in [-0.39, 0.29) is 30.2 Å². The van der Waals surface area contributed by atoms with Gasteiger partial charge < -0.3 is 11.1 Å². The number of nitrogens with one attached hydrogen (secondary N) is 1. The van der Waals surface area contributed by atoms with E-state index in [1.807, 2.05) is 12.2 Å². The van der Waals surface area contributed by atoms with Gasteiger partial charge in [-0.15, -0.1) is 11.3 Å². The molecule has 4 rings (SSSR count). The van der Waals surface area contributed by atoms with Gasteiger partial charge in [0.2, 0.25) is 17.7 Å². The van der Waals surface area contributed by atoms with Crippen molar-refractivity contribution in [2.24, 2.45) is 17.6 Å². The molecule has 3 aliphatic rings. The number of imide groups is 1. The largest absolute Gasteiger partial charge is 0.365 e. The van der Waals surface area contributed by atoms with E-state index in [0.717, 1.165) is 41.0 Å². The number of likely N-dealkylation sites (tertiary alicyclic amines) is 1. The van der Waals surface area contributed by atoms with Crippen molar-refractivity contribution in [3.05, 3.63) is 28.2 Å². The van der Waals surface area contributed by atoms with E-state index in [2.05, 4.69) is 5.32 Å². The van der Waals surface area contributed by atoms with Gasteiger partial charge in [-0.05, 0) is 44.1 Å². The summed E-state index contributed by atoms with van der Waals surface area (Å²) in [4.78, 5) is 51.6. The van der Waals surface area contributed by atoms with E-state index in [9.17, 15) is 19.2 Å². The highest BCUT2D eigenvalue weighted by Crippen LogP contribution is 2.38. The lowest BCUT2D eigenvalue weighted by molar-refractivity contribution is -0.142. The number of nitrogens with zero attached hydrogens (tertiary/aromatic N) is 1. The van der Waals surface area contributed by atoms with Crippen molar-refractivity contribution in [2.45, 2.75) is 38.5 Å². The van der Waals surface area contributed by atoms with Gasteiger partial charge in [0.25, 0.3) is 5.91 Å². The Labute approximate surface area is 160 Å². The van der Waals surface area contributed by atoms with Crippen LogP contribution in [0.5, 0.6) is 0 Å². The Morgan fingerprint density at radius 1 is 1.11 bits per heavy atom. The van der Waals surface area contributed by atoms with Gasteiger partial charge in [-0.25, -0.2) is 0 Å². The van der Waals surface area contributed by atoms with Crippen LogP contribution < -0.4 is 11.1 Å². The second-order valence-electron chi connectivity index (χ2n) is 7.25. The number of thiophene rings is 1. The molecule has 27 heavy (non-hydrogen) atoms. The third-order valence-electron chi connectivity index (χ3n) is 5.57. The average Bonchev–Trinajstić information content (AvgIpc) is 3.12. The quantitative estimate of drug-likeness (QED) is 0.604. The molecule has 0 spiro atoms. The van der Waals surface area contributed by atoms with Crippen molar-refractivity contribution in [1.29, 1.82) is 0 Å². The predicted molar refractivity (Wildman–Crippen MR) is 100 cm³/mol. The van der Waals surface area contributed by atoms with Gasteiger partial charge in [-0.2, -0.15) is 0 Å². The molecular weight excluding hydrogens is 366 g/mol. The van der Waals surface area contributed by atoms with E-state index in [1.165, 1.54) is 11.3 Å². The van der Waals surface area contributed by atoms with E-state index >= 15 is 0 Å². The standard InChI is InChI=1S/C19H21N3O4S/c20-16(24)15-12-7-3-4-8-13(12)27-17(15)21-14(23)9-22-18(25)10-5-1-2-6-11(10)19(22)26/h1-2,10-11H,3-9H2,(H2,20,24)(H,21,23)/t10-,11+. The van der Waals surface area contributed by atoms with Gasteiger partial charge in [-0.1, -0.05) is 12.2 Å². The summed E-state index contributed by atoms with van der Waals surface area (Å²) in [5.41, 5.74) is 6.84. The average molecular weight is 387 g/mol. The third kappa shape index (κ3) is 3.07. The lowest BCUT2D eigenvalue weighted by Gasteiger charge is -2.14. The van der Waals surface area contributed by atoms with Crippen LogP contribution in [0.1, 0.15) is 46.5 Å². The molecule has 0 saturated carbocycles. The molecule has 2 aliphatic carbocycles. The van der Waals surface area contributed by atoms with Gasteiger partial charge in [0.05, 0.1) is 17.4 Å². The van der Waals surface area contributed by atoms with Crippen LogP contribution in [0.3, 0.4) is 0 Å². The van der Waals surface area contributed by atoms with Crippen LogP contribution in [-0.4, -0.2) is 35.1 Å². The summed E-state index contributed by atoms with van der Waals surface area (Å²) in [6.07, 6.45) is 8.58. The van der Waals surface area contributed by atoms with Crippen molar-refractivity contribution in [1.82, 2.24) is 4.90 Å². The number of fused-ring (bicyclic) bond motifs is 2. The number of allylic oxidation sites excluding steroid dienone is 2. The highest BCUT2D eigenvalue weighted by atomic mass is 32.1. The normalized spacial score (nSPS) is 23.9. The Kier molecular flexibility index (Phi) is 4.59. The number of carbonyl (C=O) groups excluding carboxylic acids is 4. The molecule has 1 aromatic rings. The summed E-state index contributed by atoms with van der Waals surface area (Å²) in [5.74, 6) is -2.33. The number of nitrogens with two attached hydrogens (primary N) is 1. The number of rotatable bonds is 4. The monoisotopic (exact) mass is 387 g/mol. The molecule has 0 bridgehead atoms. The second-order valence-corrected chi connectivity index (χ2v) is 8.35. The predicted octanol–water partition coefficient (Wildman–Crippen LogP) is 1.62. The molecule has 4 amide bonds. The van der Waals surface area contributed by atoms with Crippen LogP contribution in [0, 0.1) is 11.8 Å². The smallest absolute Gasteiger partial charge is 0.251 e. The Morgan fingerprint density at radius 3 is 2.37 bits per heavy atom. The minimum Gasteiger partial charge on any atom is -0.365 e. The number of carbonyl (C=O) groups is 4. The van der Waals surface area contributed by atoms with Crippen LogP contribution in [-0.2, 0) is 27.2 Å². The fraction of sp³-hybridized carbons (Fsp3) is 0.474. The molecule has 0 unspecified atom stereocenters. The fourth-order valence-corrected chi connectivity index (χ4v) is 5.56. The molecule has 2 atom stereocenters. The zero-order chi connectivity index (χ0) is 19.1. The van der Waals surface area contributed by atoms with Crippen LogP contribution in [0.25, 0.3) is 0 Å².